The van der Waals surface area contributed by atoms with Crippen LogP contribution in [0.15, 0.2) is 35.7 Å². The lowest BCUT2D eigenvalue weighted by Crippen LogP contribution is -2.35. The van der Waals surface area contributed by atoms with Gasteiger partial charge in [-0.25, -0.2) is 4.98 Å². The summed E-state index contributed by atoms with van der Waals surface area (Å²) in [6, 6.07) is 10.6. The topological polar surface area (TPSA) is 59.2 Å². The number of aromatic nitrogens is 1. The molecule has 1 fully saturated rings. The third-order valence-electron chi connectivity index (χ3n) is 4.44. The van der Waals surface area contributed by atoms with Gasteiger partial charge in [0.05, 0.1) is 17.1 Å². The molecule has 1 aliphatic heterocycles. The van der Waals surface area contributed by atoms with Crippen LogP contribution in [0.5, 0.6) is 0 Å². The second-order valence-electron chi connectivity index (χ2n) is 6.30. The van der Waals surface area contributed by atoms with E-state index in [4.69, 9.17) is 5.73 Å². The third-order valence-corrected chi connectivity index (χ3v) is 5.34. The molecule has 2 atom stereocenters. The lowest BCUT2D eigenvalue weighted by Gasteiger charge is -2.21. The van der Waals surface area contributed by atoms with E-state index >= 15 is 0 Å². The molecule has 122 valence electrons. The van der Waals surface area contributed by atoms with Crippen LogP contribution in [0.25, 0.3) is 0 Å². The minimum Gasteiger partial charge on any atom is -0.339 e. The van der Waals surface area contributed by atoms with Gasteiger partial charge in [0.2, 0.25) is 5.91 Å². The van der Waals surface area contributed by atoms with E-state index < -0.39 is 0 Å². The second kappa shape index (κ2) is 7.23. The quantitative estimate of drug-likeness (QED) is 0.917. The fourth-order valence-electron chi connectivity index (χ4n) is 3.20. The molecule has 2 aromatic rings. The Kier molecular flexibility index (Phi) is 5.08. The van der Waals surface area contributed by atoms with E-state index in [0.29, 0.717) is 24.9 Å². The molecule has 1 saturated heterocycles. The summed E-state index contributed by atoms with van der Waals surface area (Å²) in [5.41, 5.74) is 7.87. The molecule has 5 heteroatoms. The largest absolute Gasteiger partial charge is 0.339 e. The van der Waals surface area contributed by atoms with Crippen molar-refractivity contribution >= 4 is 17.2 Å². The molecule has 1 aliphatic rings. The predicted octanol–water partition coefficient (Wildman–Crippen LogP) is 2.47. The van der Waals surface area contributed by atoms with Gasteiger partial charge in [0.25, 0.3) is 0 Å². The number of thiazole rings is 1. The van der Waals surface area contributed by atoms with Gasteiger partial charge in [0.15, 0.2) is 0 Å². The normalized spacial score (nSPS) is 20.9. The van der Waals surface area contributed by atoms with Gasteiger partial charge in [-0.3, -0.25) is 4.79 Å². The van der Waals surface area contributed by atoms with Crippen molar-refractivity contribution in [3.63, 3.8) is 0 Å². The molecule has 2 unspecified atom stereocenters. The van der Waals surface area contributed by atoms with Crippen molar-refractivity contribution < 1.29 is 4.79 Å². The van der Waals surface area contributed by atoms with Crippen LogP contribution in [0.1, 0.15) is 29.6 Å². The number of carbonyl (C=O) groups is 1. The molecule has 0 spiro atoms. The summed E-state index contributed by atoms with van der Waals surface area (Å²) < 4.78 is 0. The van der Waals surface area contributed by atoms with Crippen LogP contribution in [0.4, 0.5) is 0 Å². The van der Waals surface area contributed by atoms with Crippen LogP contribution >= 0.6 is 11.3 Å². The molecule has 2 N–H and O–H groups in total. The molecule has 0 radical (unpaired) electrons. The SMILES string of the molecule is CC1CC(CN)CN1C(=O)Cc1csc(Cc2ccccc2)n1. The zero-order valence-electron chi connectivity index (χ0n) is 13.4. The van der Waals surface area contributed by atoms with Gasteiger partial charge in [-0.2, -0.15) is 0 Å². The maximum Gasteiger partial charge on any atom is 0.228 e. The Balaban J connectivity index is 1.59. The van der Waals surface area contributed by atoms with Gasteiger partial charge in [-0.05, 0) is 31.4 Å². The van der Waals surface area contributed by atoms with Crippen molar-refractivity contribution in [3.05, 3.63) is 52.0 Å². The highest BCUT2D eigenvalue weighted by Crippen LogP contribution is 2.23. The molecular formula is C18H23N3OS. The van der Waals surface area contributed by atoms with Gasteiger partial charge >= 0.3 is 0 Å². The van der Waals surface area contributed by atoms with Gasteiger partial charge in [-0.1, -0.05) is 30.3 Å². The number of hydrogen-bond donors (Lipinski definition) is 1. The number of benzene rings is 1. The first kappa shape index (κ1) is 16.1. The Bertz CT molecular complexity index is 655. The summed E-state index contributed by atoms with van der Waals surface area (Å²) in [5.74, 6) is 0.614. The van der Waals surface area contributed by atoms with Crippen molar-refractivity contribution in [1.29, 1.82) is 0 Å². The Morgan fingerprint density at radius 1 is 1.39 bits per heavy atom. The van der Waals surface area contributed by atoms with Crippen LogP contribution < -0.4 is 5.73 Å². The molecule has 0 bridgehead atoms. The van der Waals surface area contributed by atoms with Crippen LogP contribution in [-0.2, 0) is 17.6 Å². The lowest BCUT2D eigenvalue weighted by atomic mass is 10.1. The lowest BCUT2D eigenvalue weighted by molar-refractivity contribution is -0.131. The minimum absolute atomic E-state index is 0.171. The average molecular weight is 329 g/mol. The first-order valence-corrected chi connectivity index (χ1v) is 9.00. The van der Waals surface area contributed by atoms with E-state index in [0.717, 1.165) is 30.1 Å². The standard InChI is InChI=1S/C18H23N3OS/c1-13-7-15(10-19)11-21(13)18(22)9-16-12-23-17(20-16)8-14-5-3-2-4-6-14/h2-6,12-13,15H,7-11,19H2,1H3. The fourth-order valence-corrected chi connectivity index (χ4v) is 4.03. The Morgan fingerprint density at radius 2 is 2.17 bits per heavy atom. The summed E-state index contributed by atoms with van der Waals surface area (Å²) in [6.07, 6.45) is 2.24. The number of rotatable bonds is 5. The molecule has 4 nitrogen and oxygen atoms in total. The Morgan fingerprint density at radius 3 is 2.87 bits per heavy atom. The summed E-state index contributed by atoms with van der Waals surface area (Å²) >= 11 is 1.63. The smallest absolute Gasteiger partial charge is 0.228 e. The van der Waals surface area contributed by atoms with Crippen molar-refractivity contribution in [1.82, 2.24) is 9.88 Å². The molecule has 0 saturated carbocycles. The van der Waals surface area contributed by atoms with Crippen molar-refractivity contribution in [2.45, 2.75) is 32.2 Å². The van der Waals surface area contributed by atoms with Crippen molar-refractivity contribution in [3.8, 4) is 0 Å². The maximum atomic E-state index is 12.5. The number of nitrogens with zero attached hydrogens (tertiary/aromatic N) is 2. The highest BCUT2D eigenvalue weighted by molar-refractivity contribution is 7.09. The predicted molar refractivity (Wildman–Crippen MR) is 93.4 cm³/mol. The van der Waals surface area contributed by atoms with E-state index in [2.05, 4.69) is 24.0 Å². The van der Waals surface area contributed by atoms with Gasteiger partial charge in [0.1, 0.15) is 0 Å². The maximum absolute atomic E-state index is 12.5. The third kappa shape index (κ3) is 3.98. The van der Waals surface area contributed by atoms with E-state index in [-0.39, 0.29) is 5.91 Å². The van der Waals surface area contributed by atoms with Crippen molar-refractivity contribution in [2.75, 3.05) is 13.1 Å². The van der Waals surface area contributed by atoms with Gasteiger partial charge < -0.3 is 10.6 Å². The molecule has 1 aromatic heterocycles. The summed E-state index contributed by atoms with van der Waals surface area (Å²) in [5, 5.41) is 3.07. The monoisotopic (exact) mass is 329 g/mol. The number of hydrogen-bond acceptors (Lipinski definition) is 4. The number of amides is 1. The molecule has 0 aliphatic carbocycles. The van der Waals surface area contributed by atoms with E-state index in [1.165, 1.54) is 5.56 Å². The van der Waals surface area contributed by atoms with Gasteiger partial charge in [0, 0.05) is 24.4 Å². The zero-order chi connectivity index (χ0) is 16.2. The van der Waals surface area contributed by atoms with Crippen LogP contribution in [0.2, 0.25) is 0 Å². The minimum atomic E-state index is 0.171. The van der Waals surface area contributed by atoms with E-state index in [1.54, 1.807) is 11.3 Å². The van der Waals surface area contributed by atoms with Crippen LogP contribution in [-0.4, -0.2) is 34.9 Å². The molecule has 3 rings (SSSR count). The molecular weight excluding hydrogens is 306 g/mol. The number of carbonyl (C=O) groups excluding carboxylic acids is 1. The number of nitrogens with two attached hydrogens (primary N) is 1. The van der Waals surface area contributed by atoms with Crippen LogP contribution in [0.3, 0.4) is 0 Å². The first-order valence-electron chi connectivity index (χ1n) is 8.12. The Labute approximate surface area is 141 Å². The highest BCUT2D eigenvalue weighted by atomic mass is 32.1. The van der Waals surface area contributed by atoms with E-state index in [1.807, 2.05) is 28.5 Å². The van der Waals surface area contributed by atoms with E-state index in [9.17, 15) is 4.79 Å². The van der Waals surface area contributed by atoms with Gasteiger partial charge in [-0.15, -0.1) is 11.3 Å². The Hall–Kier alpha value is -1.72. The van der Waals surface area contributed by atoms with Crippen molar-refractivity contribution in [2.24, 2.45) is 11.7 Å². The van der Waals surface area contributed by atoms with Crippen LogP contribution in [0, 0.1) is 5.92 Å². The molecule has 1 aromatic carbocycles. The summed E-state index contributed by atoms with van der Waals surface area (Å²) in [6.45, 7) is 3.55. The highest BCUT2D eigenvalue weighted by Gasteiger charge is 2.31. The molecule has 1 amide bonds. The zero-order valence-corrected chi connectivity index (χ0v) is 14.3. The number of likely N-dealkylation sites (tertiary alicyclic amines) is 1. The second-order valence-corrected chi connectivity index (χ2v) is 7.25. The summed E-state index contributed by atoms with van der Waals surface area (Å²) in [7, 11) is 0. The average Bonchev–Trinajstić information content (AvgIpc) is 3.14. The molecule has 23 heavy (non-hydrogen) atoms. The summed E-state index contributed by atoms with van der Waals surface area (Å²) in [4.78, 5) is 19.1. The fraction of sp³-hybridized carbons (Fsp3) is 0.444. The first-order chi connectivity index (χ1) is 11.2. The molecule has 2 heterocycles.